The Morgan fingerprint density at radius 2 is 1.87 bits per heavy atom. The maximum absolute atomic E-state index is 13.3. The summed E-state index contributed by atoms with van der Waals surface area (Å²) in [5.41, 5.74) is 3.35. The van der Waals surface area contributed by atoms with Crippen molar-refractivity contribution in [2.24, 2.45) is 0 Å². The fourth-order valence-electron chi connectivity index (χ4n) is 2.86. The van der Waals surface area contributed by atoms with E-state index in [1.807, 2.05) is 19.9 Å². The molecule has 0 fully saturated rings. The zero-order chi connectivity index (χ0) is 21.5. The fourth-order valence-corrected chi connectivity index (χ4v) is 2.86. The van der Waals surface area contributed by atoms with Gasteiger partial charge in [-0.3, -0.25) is 9.59 Å². The third-order valence-corrected chi connectivity index (χ3v) is 4.68. The van der Waals surface area contributed by atoms with E-state index in [0.29, 0.717) is 17.7 Å². The minimum atomic E-state index is -0.458. The molecule has 3 aromatic rings. The Balaban J connectivity index is 1.71. The van der Waals surface area contributed by atoms with Crippen LogP contribution < -0.4 is 10.6 Å². The molecule has 0 spiro atoms. The SMILES string of the molecule is Cc1ccc(C(=O)NC(=Cc2ccco2)C(=O)NCCc2cccc(F)c2)cc1C. The second-order valence-electron chi connectivity index (χ2n) is 6.96. The number of furan rings is 1. The van der Waals surface area contributed by atoms with Crippen LogP contribution in [0.5, 0.6) is 0 Å². The molecule has 0 saturated heterocycles. The summed E-state index contributed by atoms with van der Waals surface area (Å²) in [5.74, 6) is -0.736. The maximum atomic E-state index is 13.3. The second-order valence-corrected chi connectivity index (χ2v) is 6.96. The Hall–Kier alpha value is -3.67. The molecule has 6 heteroatoms. The van der Waals surface area contributed by atoms with Crippen molar-refractivity contribution in [1.29, 1.82) is 0 Å². The third kappa shape index (κ3) is 5.67. The van der Waals surface area contributed by atoms with Gasteiger partial charge >= 0.3 is 0 Å². The highest BCUT2D eigenvalue weighted by molar-refractivity contribution is 6.05. The van der Waals surface area contributed by atoms with Gasteiger partial charge in [0.05, 0.1) is 6.26 Å². The summed E-state index contributed by atoms with van der Waals surface area (Å²) >= 11 is 0. The minimum absolute atomic E-state index is 0.0624. The van der Waals surface area contributed by atoms with Crippen molar-refractivity contribution in [3.63, 3.8) is 0 Å². The van der Waals surface area contributed by atoms with Gasteiger partial charge in [0, 0.05) is 18.2 Å². The molecule has 0 aliphatic carbocycles. The average molecular weight is 406 g/mol. The molecule has 30 heavy (non-hydrogen) atoms. The van der Waals surface area contributed by atoms with Crippen LogP contribution in [0.2, 0.25) is 0 Å². The summed E-state index contributed by atoms with van der Waals surface area (Å²) < 4.78 is 18.6. The predicted molar refractivity (Wildman–Crippen MR) is 113 cm³/mol. The first-order chi connectivity index (χ1) is 14.4. The highest BCUT2D eigenvalue weighted by atomic mass is 19.1. The van der Waals surface area contributed by atoms with E-state index < -0.39 is 11.8 Å². The molecule has 1 heterocycles. The number of carbonyl (C=O) groups is 2. The van der Waals surface area contributed by atoms with Crippen LogP contribution in [-0.2, 0) is 11.2 Å². The molecule has 0 atom stereocenters. The standard InChI is InChI=1S/C24H23FN2O3/c1-16-8-9-19(13-17(16)2)23(28)27-22(15-21-7-4-12-30-21)24(29)26-11-10-18-5-3-6-20(25)14-18/h3-9,12-15H,10-11H2,1-2H3,(H,26,29)(H,27,28). The van der Waals surface area contributed by atoms with Crippen molar-refractivity contribution < 1.29 is 18.4 Å². The molecule has 0 bridgehead atoms. The summed E-state index contributed by atoms with van der Waals surface area (Å²) in [6, 6.07) is 14.9. The van der Waals surface area contributed by atoms with E-state index in [9.17, 15) is 14.0 Å². The van der Waals surface area contributed by atoms with E-state index in [-0.39, 0.29) is 18.1 Å². The van der Waals surface area contributed by atoms with Crippen LogP contribution in [0.4, 0.5) is 4.39 Å². The van der Waals surface area contributed by atoms with E-state index in [1.54, 1.807) is 36.4 Å². The summed E-state index contributed by atoms with van der Waals surface area (Å²) in [6.45, 7) is 4.17. The number of benzene rings is 2. The van der Waals surface area contributed by atoms with Gasteiger partial charge in [-0.2, -0.15) is 0 Å². The molecule has 2 N–H and O–H groups in total. The highest BCUT2D eigenvalue weighted by Crippen LogP contribution is 2.12. The largest absolute Gasteiger partial charge is 0.465 e. The zero-order valence-corrected chi connectivity index (χ0v) is 16.9. The molecule has 0 aliphatic rings. The lowest BCUT2D eigenvalue weighted by molar-refractivity contribution is -0.117. The van der Waals surface area contributed by atoms with E-state index in [0.717, 1.165) is 16.7 Å². The van der Waals surface area contributed by atoms with Crippen LogP contribution in [0.15, 0.2) is 71.0 Å². The van der Waals surface area contributed by atoms with Crippen LogP contribution >= 0.6 is 0 Å². The van der Waals surface area contributed by atoms with Crippen LogP contribution in [0.3, 0.4) is 0 Å². The minimum Gasteiger partial charge on any atom is -0.465 e. The molecular weight excluding hydrogens is 383 g/mol. The monoisotopic (exact) mass is 406 g/mol. The first-order valence-electron chi connectivity index (χ1n) is 9.59. The molecule has 2 aromatic carbocycles. The van der Waals surface area contributed by atoms with E-state index in [1.165, 1.54) is 24.5 Å². The number of hydrogen-bond acceptors (Lipinski definition) is 3. The number of aryl methyl sites for hydroxylation is 2. The fraction of sp³-hybridized carbons (Fsp3) is 0.167. The van der Waals surface area contributed by atoms with Gasteiger partial charge in [0.2, 0.25) is 0 Å². The first-order valence-corrected chi connectivity index (χ1v) is 9.59. The van der Waals surface area contributed by atoms with Crippen LogP contribution in [-0.4, -0.2) is 18.4 Å². The molecule has 3 rings (SSSR count). The van der Waals surface area contributed by atoms with Crippen molar-refractivity contribution in [1.82, 2.24) is 10.6 Å². The van der Waals surface area contributed by atoms with Crippen molar-refractivity contribution >= 4 is 17.9 Å². The summed E-state index contributed by atoms with van der Waals surface area (Å²) in [5, 5.41) is 5.42. The van der Waals surface area contributed by atoms with Crippen molar-refractivity contribution in [3.05, 3.63) is 100 Å². The van der Waals surface area contributed by atoms with Crippen LogP contribution in [0.25, 0.3) is 6.08 Å². The normalized spacial score (nSPS) is 11.2. The molecule has 0 radical (unpaired) electrons. The van der Waals surface area contributed by atoms with Gasteiger partial charge in [-0.25, -0.2) is 4.39 Å². The van der Waals surface area contributed by atoms with Gasteiger partial charge in [-0.1, -0.05) is 18.2 Å². The lowest BCUT2D eigenvalue weighted by Gasteiger charge is -2.12. The van der Waals surface area contributed by atoms with Gasteiger partial charge in [0.25, 0.3) is 11.8 Å². The number of halogens is 1. The number of rotatable bonds is 7. The zero-order valence-electron chi connectivity index (χ0n) is 16.9. The molecule has 1 aromatic heterocycles. The number of hydrogen-bond donors (Lipinski definition) is 2. The topological polar surface area (TPSA) is 71.3 Å². The molecule has 0 unspecified atom stereocenters. The van der Waals surface area contributed by atoms with Gasteiger partial charge in [-0.15, -0.1) is 0 Å². The molecule has 0 saturated carbocycles. The van der Waals surface area contributed by atoms with Gasteiger partial charge < -0.3 is 15.1 Å². The first kappa shape index (κ1) is 21.0. The lowest BCUT2D eigenvalue weighted by Crippen LogP contribution is -2.35. The number of carbonyl (C=O) groups excluding carboxylic acids is 2. The second kappa shape index (κ2) is 9.69. The maximum Gasteiger partial charge on any atom is 0.267 e. The Labute approximate surface area is 174 Å². The van der Waals surface area contributed by atoms with Gasteiger partial charge in [-0.05, 0) is 73.4 Å². The van der Waals surface area contributed by atoms with Gasteiger partial charge in [0.1, 0.15) is 17.3 Å². The molecule has 2 amide bonds. The Bertz CT molecular complexity index is 1070. The summed E-state index contributed by atoms with van der Waals surface area (Å²) in [6.07, 6.45) is 3.41. The summed E-state index contributed by atoms with van der Waals surface area (Å²) in [4.78, 5) is 25.4. The van der Waals surface area contributed by atoms with E-state index in [2.05, 4.69) is 10.6 Å². The van der Waals surface area contributed by atoms with Crippen molar-refractivity contribution in [3.8, 4) is 0 Å². The molecular formula is C24H23FN2O3. The van der Waals surface area contributed by atoms with Crippen molar-refractivity contribution in [2.75, 3.05) is 6.54 Å². The van der Waals surface area contributed by atoms with Gasteiger partial charge in [0.15, 0.2) is 0 Å². The van der Waals surface area contributed by atoms with E-state index >= 15 is 0 Å². The Morgan fingerprint density at radius 3 is 2.57 bits per heavy atom. The number of amides is 2. The Morgan fingerprint density at radius 1 is 1.03 bits per heavy atom. The highest BCUT2D eigenvalue weighted by Gasteiger charge is 2.15. The molecule has 0 aliphatic heterocycles. The molecule has 5 nitrogen and oxygen atoms in total. The number of nitrogens with one attached hydrogen (secondary N) is 2. The summed E-state index contributed by atoms with van der Waals surface area (Å²) in [7, 11) is 0. The quantitative estimate of drug-likeness (QED) is 0.579. The van der Waals surface area contributed by atoms with Crippen LogP contribution in [0.1, 0.15) is 32.8 Å². The average Bonchev–Trinajstić information content (AvgIpc) is 3.22. The smallest absolute Gasteiger partial charge is 0.267 e. The predicted octanol–water partition coefficient (Wildman–Crippen LogP) is 4.17. The van der Waals surface area contributed by atoms with Crippen LogP contribution in [0, 0.1) is 19.7 Å². The van der Waals surface area contributed by atoms with Crippen molar-refractivity contribution in [2.45, 2.75) is 20.3 Å². The Kier molecular flexibility index (Phi) is 6.80. The molecule has 154 valence electrons. The third-order valence-electron chi connectivity index (χ3n) is 4.68. The van der Waals surface area contributed by atoms with E-state index in [4.69, 9.17) is 4.42 Å². The lowest BCUT2D eigenvalue weighted by atomic mass is 10.1.